The first-order valence-corrected chi connectivity index (χ1v) is 4.35. The van der Waals surface area contributed by atoms with Gasteiger partial charge >= 0.3 is 13.2 Å². The lowest BCUT2D eigenvalue weighted by Gasteiger charge is -1.94. The van der Waals surface area contributed by atoms with Crippen LogP contribution in [0.5, 0.6) is 0 Å². The molecule has 0 amide bonds. The van der Waals surface area contributed by atoms with Gasteiger partial charge in [0.25, 0.3) is 0 Å². The summed E-state index contributed by atoms with van der Waals surface area (Å²) in [6, 6.07) is 0. The molecule has 1 heterocycles. The van der Waals surface area contributed by atoms with Gasteiger partial charge < -0.3 is 22.0 Å². The van der Waals surface area contributed by atoms with Gasteiger partial charge in [0, 0.05) is 5.10 Å². The molecule has 0 bridgehead atoms. The third kappa shape index (κ3) is 7.85. The minimum Gasteiger partial charge on any atom is -0.464 e. The van der Waals surface area contributed by atoms with E-state index in [1.807, 2.05) is 0 Å². The molecule has 4 nitrogen and oxygen atoms in total. The maximum atomic E-state index is 10.7. The molecule has 0 unspecified atom stereocenters. The lowest BCUT2D eigenvalue weighted by Crippen LogP contribution is -2.26. The van der Waals surface area contributed by atoms with Crippen LogP contribution in [0.4, 0.5) is 17.3 Å². The summed E-state index contributed by atoms with van der Waals surface area (Å²) in [5.41, 5.74) is 0.356. The lowest BCUT2D eigenvalue weighted by atomic mass is 10.3. The molecule has 0 saturated carbocycles. The van der Waals surface area contributed by atoms with Crippen LogP contribution >= 0.6 is 11.5 Å². The average molecular weight is 246 g/mol. The topological polar surface area (TPSA) is 43.1 Å². The largest absolute Gasteiger partial charge is 0.673 e. The molecule has 0 aliphatic heterocycles. The lowest BCUT2D eigenvalue weighted by molar-refractivity contribution is -0.663. The Morgan fingerprint density at radius 3 is 2.27 bits per heavy atom. The zero-order valence-electron chi connectivity index (χ0n) is 7.79. The second-order valence-electron chi connectivity index (χ2n) is 2.16. The molecule has 0 saturated heterocycles. The van der Waals surface area contributed by atoms with Crippen LogP contribution in [-0.4, -0.2) is 25.4 Å². The molecule has 0 atom stereocenters. The number of ether oxygens (including phenoxy) is 1. The van der Waals surface area contributed by atoms with E-state index in [1.54, 1.807) is 16.5 Å². The molecule has 0 aliphatic rings. The first-order valence-electron chi connectivity index (χ1n) is 3.52. The van der Waals surface area contributed by atoms with Gasteiger partial charge in [0.15, 0.2) is 18.6 Å². The van der Waals surface area contributed by atoms with Crippen molar-refractivity contribution in [3.63, 3.8) is 0 Å². The van der Waals surface area contributed by atoms with E-state index in [-0.39, 0.29) is 0 Å². The average Bonchev–Trinajstić information content (AvgIpc) is 2.47. The number of carbonyl (C=O) groups excluding carboxylic acids is 1. The van der Waals surface area contributed by atoms with Crippen LogP contribution in [-0.2, 0) is 11.8 Å². The van der Waals surface area contributed by atoms with Crippen LogP contribution in [0, 0.1) is 0 Å². The predicted octanol–water partition coefficient (Wildman–Crippen LogP) is 1.05. The highest BCUT2D eigenvalue weighted by Gasteiger charge is 2.20. The maximum absolute atomic E-state index is 10.7. The molecule has 0 radical (unpaired) electrons. The molecule has 1 aromatic rings. The van der Waals surface area contributed by atoms with E-state index in [4.69, 9.17) is 0 Å². The van der Waals surface area contributed by atoms with Crippen LogP contribution in [0.15, 0.2) is 5.38 Å². The molecular formula is C5H7BF4N2O2S. The molecule has 15 heavy (non-hydrogen) atoms. The van der Waals surface area contributed by atoms with Gasteiger partial charge in [-0.1, -0.05) is 0 Å². The monoisotopic (exact) mass is 246 g/mol. The van der Waals surface area contributed by atoms with E-state index in [0.29, 0.717) is 5.69 Å². The van der Waals surface area contributed by atoms with Crippen LogP contribution in [0.3, 0.4) is 0 Å². The van der Waals surface area contributed by atoms with Crippen molar-refractivity contribution >= 4 is 24.8 Å². The molecule has 0 aliphatic carbocycles. The Labute approximate surface area is 86.7 Å². The second kappa shape index (κ2) is 5.64. The minimum atomic E-state index is -6.00. The first-order chi connectivity index (χ1) is 6.74. The summed E-state index contributed by atoms with van der Waals surface area (Å²) in [6.45, 7) is 0. The van der Waals surface area contributed by atoms with E-state index in [0.717, 1.165) is 0 Å². The third-order valence-electron chi connectivity index (χ3n) is 0.960. The molecule has 0 spiro atoms. The summed E-state index contributed by atoms with van der Waals surface area (Å²) < 4.78 is 45.0. The minimum absolute atomic E-state index is 0.356. The van der Waals surface area contributed by atoms with Crippen LogP contribution in [0.2, 0.25) is 0 Å². The van der Waals surface area contributed by atoms with Crippen molar-refractivity contribution in [3.8, 4) is 0 Å². The fourth-order valence-electron chi connectivity index (χ4n) is 0.519. The zero-order valence-corrected chi connectivity index (χ0v) is 8.60. The van der Waals surface area contributed by atoms with Gasteiger partial charge in [-0.15, -0.1) is 0 Å². The summed E-state index contributed by atoms with van der Waals surface area (Å²) in [6.07, 6.45) is 0. The molecule has 0 aromatic carbocycles. The Morgan fingerprint density at radius 2 is 2.00 bits per heavy atom. The van der Waals surface area contributed by atoms with Gasteiger partial charge in [-0.2, -0.15) is 0 Å². The fraction of sp³-hybridized carbons (Fsp3) is 0.400. The SMILES string of the molecule is COC(=O)c1cs[n+](C)n1.F[B-](F)(F)F. The van der Waals surface area contributed by atoms with E-state index in [2.05, 4.69) is 9.84 Å². The van der Waals surface area contributed by atoms with Crippen molar-refractivity contribution in [1.29, 1.82) is 0 Å². The number of nitrogens with zero attached hydrogens (tertiary/aromatic N) is 2. The van der Waals surface area contributed by atoms with Crippen molar-refractivity contribution < 1.29 is 30.9 Å². The molecule has 10 heteroatoms. The number of esters is 1. The zero-order chi connectivity index (χ0) is 12.1. The number of carbonyl (C=O) groups is 1. The van der Waals surface area contributed by atoms with Crippen LogP contribution < -0.4 is 4.07 Å². The number of rotatable bonds is 1. The maximum Gasteiger partial charge on any atom is 0.673 e. The van der Waals surface area contributed by atoms with Gasteiger partial charge in [0.1, 0.15) is 0 Å². The number of hydrogen-bond donors (Lipinski definition) is 0. The van der Waals surface area contributed by atoms with Gasteiger partial charge in [0.2, 0.25) is 5.69 Å². The summed E-state index contributed by atoms with van der Waals surface area (Å²) in [4.78, 5) is 10.7. The summed E-state index contributed by atoms with van der Waals surface area (Å²) in [5.74, 6) is -0.392. The smallest absolute Gasteiger partial charge is 0.464 e. The predicted molar refractivity (Wildman–Crippen MR) is 44.8 cm³/mol. The molecule has 1 rings (SSSR count). The number of halogens is 4. The Morgan fingerprint density at radius 1 is 1.53 bits per heavy atom. The number of aryl methyl sites for hydroxylation is 1. The Kier molecular flexibility index (Phi) is 5.19. The molecule has 1 aromatic heterocycles. The standard InChI is InChI=1S/C5H7N2O2S.BF4/c1-7-6-4(3-10-7)5(8)9-2;2-1(3,4)5/h3H,1-2H3;/q+1;-1. The van der Waals surface area contributed by atoms with Gasteiger partial charge in [0.05, 0.1) is 12.5 Å². The number of aromatic nitrogens is 2. The van der Waals surface area contributed by atoms with Crippen molar-refractivity contribution in [2.45, 2.75) is 0 Å². The van der Waals surface area contributed by atoms with Gasteiger partial charge in [-0.05, 0) is 4.07 Å². The van der Waals surface area contributed by atoms with Crippen molar-refractivity contribution in [2.24, 2.45) is 7.05 Å². The van der Waals surface area contributed by atoms with E-state index in [1.165, 1.54) is 18.6 Å². The van der Waals surface area contributed by atoms with Crippen LogP contribution in [0.1, 0.15) is 10.5 Å². The highest BCUT2D eigenvalue weighted by molar-refractivity contribution is 6.99. The van der Waals surface area contributed by atoms with E-state index >= 15 is 0 Å². The fourth-order valence-corrected chi connectivity index (χ4v) is 1.05. The van der Waals surface area contributed by atoms with Crippen molar-refractivity contribution in [2.75, 3.05) is 7.11 Å². The highest BCUT2D eigenvalue weighted by atomic mass is 32.1. The van der Waals surface area contributed by atoms with Crippen LogP contribution in [0.25, 0.3) is 0 Å². The quantitative estimate of drug-likeness (QED) is 0.322. The van der Waals surface area contributed by atoms with E-state index in [9.17, 15) is 22.1 Å². The molecule has 0 N–H and O–H groups in total. The summed E-state index contributed by atoms with van der Waals surface area (Å²) >= 11 is 1.35. The summed E-state index contributed by atoms with van der Waals surface area (Å²) in [5, 5.41) is 5.49. The molecular weight excluding hydrogens is 239 g/mol. The first kappa shape index (κ1) is 13.8. The Hall–Kier alpha value is -1.19. The third-order valence-corrected chi connectivity index (χ3v) is 1.68. The Balaban J connectivity index is 0.000000336. The van der Waals surface area contributed by atoms with E-state index < -0.39 is 13.2 Å². The number of hydrogen-bond acceptors (Lipinski definition) is 4. The molecule has 0 fully saturated rings. The van der Waals surface area contributed by atoms with Gasteiger partial charge in [-0.25, -0.2) is 4.79 Å². The Bertz CT molecular complexity index is 323. The normalized spacial score (nSPS) is 10.3. The highest BCUT2D eigenvalue weighted by Crippen LogP contribution is 2.06. The molecule has 86 valence electrons. The van der Waals surface area contributed by atoms with Gasteiger partial charge in [-0.3, -0.25) is 0 Å². The summed E-state index contributed by atoms with van der Waals surface area (Å²) in [7, 11) is -2.90. The second-order valence-corrected chi connectivity index (χ2v) is 3.13. The van der Waals surface area contributed by atoms with Crippen molar-refractivity contribution in [1.82, 2.24) is 5.10 Å². The number of methoxy groups -OCH3 is 1. The van der Waals surface area contributed by atoms with Crippen molar-refractivity contribution in [3.05, 3.63) is 11.1 Å².